The van der Waals surface area contributed by atoms with E-state index in [1.54, 1.807) is 14.1 Å². The zero-order valence-corrected chi connectivity index (χ0v) is 7.63. The lowest BCUT2D eigenvalue weighted by atomic mass is 10.4. The highest BCUT2D eigenvalue weighted by Crippen LogP contribution is 2.28. The molecule has 0 saturated carbocycles. The molecule has 0 unspecified atom stereocenters. The zero-order chi connectivity index (χ0) is 10.9. The van der Waals surface area contributed by atoms with Gasteiger partial charge in [-0.1, -0.05) is 0 Å². The monoisotopic (exact) mass is 206 g/mol. The Morgan fingerprint density at radius 3 is 2.29 bits per heavy atom. The van der Waals surface area contributed by atoms with Crippen molar-refractivity contribution in [3.63, 3.8) is 0 Å². The van der Waals surface area contributed by atoms with Crippen molar-refractivity contribution in [1.82, 2.24) is 9.97 Å². The average Bonchev–Trinajstić information content (AvgIpc) is 2.01. The molecule has 78 valence electrons. The molecule has 1 rings (SSSR count). The van der Waals surface area contributed by atoms with Crippen molar-refractivity contribution in [1.29, 1.82) is 0 Å². The van der Waals surface area contributed by atoms with Crippen LogP contribution >= 0.6 is 0 Å². The maximum Gasteiger partial charge on any atom is 0.451 e. The number of aromatic nitrogens is 2. The molecule has 0 atom stereocenters. The molecule has 0 amide bonds. The number of nitrogens with two attached hydrogens (primary N) is 1. The Hall–Kier alpha value is -1.53. The van der Waals surface area contributed by atoms with Gasteiger partial charge in [0.25, 0.3) is 0 Å². The minimum Gasteiger partial charge on any atom is -0.384 e. The Kier molecular flexibility index (Phi) is 2.50. The van der Waals surface area contributed by atoms with Crippen LogP contribution in [-0.2, 0) is 6.18 Å². The van der Waals surface area contributed by atoms with Gasteiger partial charge in [-0.05, 0) is 0 Å². The molecule has 0 radical (unpaired) electrons. The Morgan fingerprint density at radius 1 is 1.29 bits per heavy atom. The SMILES string of the molecule is CN(C)c1cc(N)nc(C(F)(F)F)n1. The summed E-state index contributed by atoms with van der Waals surface area (Å²) in [6, 6.07) is 1.27. The van der Waals surface area contributed by atoms with Crippen LogP contribution in [0, 0.1) is 0 Å². The van der Waals surface area contributed by atoms with Crippen molar-refractivity contribution >= 4 is 11.6 Å². The zero-order valence-electron chi connectivity index (χ0n) is 7.63. The third-order valence-electron chi connectivity index (χ3n) is 1.44. The normalized spacial score (nSPS) is 11.5. The lowest BCUT2D eigenvalue weighted by Crippen LogP contribution is -2.17. The van der Waals surface area contributed by atoms with Gasteiger partial charge in [0.05, 0.1) is 0 Å². The van der Waals surface area contributed by atoms with Crippen LogP contribution < -0.4 is 10.6 Å². The van der Waals surface area contributed by atoms with Gasteiger partial charge in [-0.25, -0.2) is 9.97 Å². The van der Waals surface area contributed by atoms with E-state index < -0.39 is 12.0 Å². The summed E-state index contributed by atoms with van der Waals surface area (Å²) in [6.45, 7) is 0. The second-order valence-electron chi connectivity index (χ2n) is 2.87. The highest BCUT2D eigenvalue weighted by molar-refractivity contribution is 5.45. The summed E-state index contributed by atoms with van der Waals surface area (Å²) in [5.41, 5.74) is 5.22. The minimum absolute atomic E-state index is 0.129. The van der Waals surface area contributed by atoms with Crippen molar-refractivity contribution in [2.24, 2.45) is 0 Å². The number of rotatable bonds is 1. The molecule has 1 aromatic heterocycles. The molecule has 7 heteroatoms. The van der Waals surface area contributed by atoms with Gasteiger partial charge in [-0.2, -0.15) is 13.2 Å². The molecule has 1 aromatic rings. The Bertz CT molecular complexity index is 334. The predicted molar refractivity (Wildman–Crippen MR) is 45.8 cm³/mol. The maximum absolute atomic E-state index is 12.2. The first-order chi connectivity index (χ1) is 6.30. The van der Waals surface area contributed by atoms with E-state index in [-0.39, 0.29) is 11.6 Å². The van der Waals surface area contributed by atoms with Crippen LogP contribution in [0.25, 0.3) is 0 Å². The smallest absolute Gasteiger partial charge is 0.384 e. The van der Waals surface area contributed by atoms with E-state index in [0.717, 1.165) is 0 Å². The van der Waals surface area contributed by atoms with Crippen LogP contribution in [0.2, 0.25) is 0 Å². The topological polar surface area (TPSA) is 55.0 Å². The lowest BCUT2D eigenvalue weighted by molar-refractivity contribution is -0.144. The van der Waals surface area contributed by atoms with E-state index >= 15 is 0 Å². The van der Waals surface area contributed by atoms with E-state index in [1.165, 1.54) is 11.0 Å². The van der Waals surface area contributed by atoms with Crippen molar-refractivity contribution in [3.05, 3.63) is 11.9 Å². The molecule has 1 heterocycles. The highest BCUT2D eigenvalue weighted by Gasteiger charge is 2.35. The molecule has 0 fully saturated rings. The third-order valence-corrected chi connectivity index (χ3v) is 1.44. The highest BCUT2D eigenvalue weighted by atomic mass is 19.4. The average molecular weight is 206 g/mol. The van der Waals surface area contributed by atoms with Gasteiger partial charge in [-0.3, -0.25) is 0 Å². The molecular weight excluding hydrogens is 197 g/mol. The number of hydrogen-bond acceptors (Lipinski definition) is 4. The summed E-state index contributed by atoms with van der Waals surface area (Å²) in [5, 5.41) is 0. The molecule has 2 N–H and O–H groups in total. The number of hydrogen-bond donors (Lipinski definition) is 1. The number of nitrogen functional groups attached to an aromatic ring is 1. The Morgan fingerprint density at radius 2 is 1.86 bits per heavy atom. The van der Waals surface area contributed by atoms with Crippen LogP contribution in [0.4, 0.5) is 24.8 Å². The van der Waals surface area contributed by atoms with E-state index in [4.69, 9.17) is 5.73 Å². The number of anilines is 2. The van der Waals surface area contributed by atoms with Gasteiger partial charge < -0.3 is 10.6 Å². The molecule has 14 heavy (non-hydrogen) atoms. The molecule has 0 aliphatic carbocycles. The molecule has 0 spiro atoms. The van der Waals surface area contributed by atoms with Gasteiger partial charge in [0.2, 0.25) is 5.82 Å². The standard InChI is InChI=1S/C7H9F3N4/c1-14(2)5-3-4(11)12-6(13-5)7(8,9)10/h3H,1-2H3,(H2,11,12,13). The summed E-state index contributed by atoms with van der Waals surface area (Å²) in [4.78, 5) is 7.84. The van der Waals surface area contributed by atoms with Gasteiger partial charge in [0.1, 0.15) is 11.6 Å². The summed E-state index contributed by atoms with van der Waals surface area (Å²) < 4.78 is 36.6. The van der Waals surface area contributed by atoms with Crippen LogP contribution in [0.15, 0.2) is 6.07 Å². The molecule has 0 saturated heterocycles. The first-order valence-corrected chi connectivity index (χ1v) is 3.70. The Balaban J connectivity index is 3.21. The molecule has 0 aliphatic rings. The molecular formula is C7H9F3N4. The maximum atomic E-state index is 12.2. The van der Waals surface area contributed by atoms with E-state index in [9.17, 15) is 13.2 Å². The second kappa shape index (κ2) is 3.32. The van der Waals surface area contributed by atoms with Crippen molar-refractivity contribution < 1.29 is 13.2 Å². The number of nitrogens with zero attached hydrogens (tertiary/aromatic N) is 3. The first-order valence-electron chi connectivity index (χ1n) is 3.70. The van der Waals surface area contributed by atoms with Gasteiger partial charge in [0, 0.05) is 20.2 Å². The Labute approximate surface area is 78.6 Å². The van der Waals surface area contributed by atoms with Crippen molar-refractivity contribution in [2.75, 3.05) is 24.7 Å². The van der Waals surface area contributed by atoms with E-state index in [0.29, 0.717) is 0 Å². The fraction of sp³-hybridized carbons (Fsp3) is 0.429. The number of alkyl halides is 3. The molecule has 0 aromatic carbocycles. The predicted octanol–water partition coefficient (Wildman–Crippen LogP) is 1.14. The van der Waals surface area contributed by atoms with Crippen LogP contribution in [0.3, 0.4) is 0 Å². The van der Waals surface area contributed by atoms with Crippen molar-refractivity contribution in [3.8, 4) is 0 Å². The minimum atomic E-state index is -4.57. The fourth-order valence-electron chi connectivity index (χ4n) is 0.808. The molecule has 0 bridgehead atoms. The third kappa shape index (κ3) is 2.24. The van der Waals surface area contributed by atoms with Crippen LogP contribution in [0.1, 0.15) is 5.82 Å². The van der Waals surface area contributed by atoms with E-state index in [1.807, 2.05) is 0 Å². The van der Waals surface area contributed by atoms with Crippen LogP contribution in [0.5, 0.6) is 0 Å². The first kappa shape index (κ1) is 10.6. The van der Waals surface area contributed by atoms with Gasteiger partial charge in [-0.15, -0.1) is 0 Å². The van der Waals surface area contributed by atoms with Crippen molar-refractivity contribution in [2.45, 2.75) is 6.18 Å². The van der Waals surface area contributed by atoms with Gasteiger partial charge in [0.15, 0.2) is 0 Å². The van der Waals surface area contributed by atoms with E-state index in [2.05, 4.69) is 9.97 Å². The molecule has 4 nitrogen and oxygen atoms in total. The van der Waals surface area contributed by atoms with Crippen LogP contribution in [-0.4, -0.2) is 24.1 Å². The lowest BCUT2D eigenvalue weighted by Gasteiger charge is -2.13. The summed E-state index contributed by atoms with van der Waals surface area (Å²) in [5.74, 6) is -1.29. The summed E-state index contributed by atoms with van der Waals surface area (Å²) in [6.07, 6.45) is -4.57. The summed E-state index contributed by atoms with van der Waals surface area (Å²) >= 11 is 0. The number of halogens is 3. The second-order valence-corrected chi connectivity index (χ2v) is 2.87. The van der Waals surface area contributed by atoms with Gasteiger partial charge >= 0.3 is 6.18 Å². The molecule has 0 aliphatic heterocycles. The largest absolute Gasteiger partial charge is 0.451 e. The quantitative estimate of drug-likeness (QED) is 0.748. The summed E-state index contributed by atoms with van der Waals surface area (Å²) in [7, 11) is 3.14. The fourth-order valence-corrected chi connectivity index (χ4v) is 0.808.